The van der Waals surface area contributed by atoms with Crippen LogP contribution in [0.2, 0.25) is 5.02 Å². The molecule has 1 aromatic heterocycles. The van der Waals surface area contributed by atoms with Crippen LogP contribution < -0.4 is 5.32 Å². The predicted molar refractivity (Wildman–Crippen MR) is 78.0 cm³/mol. The molecule has 0 saturated carbocycles. The Kier molecular flexibility index (Phi) is 4.76. The highest BCUT2D eigenvalue weighted by molar-refractivity contribution is 7.10. The number of halogens is 1. The van der Waals surface area contributed by atoms with Gasteiger partial charge >= 0.3 is 5.97 Å². The first-order valence-corrected chi connectivity index (χ1v) is 7.12. The molecule has 4 nitrogen and oxygen atoms in total. The molecule has 104 valence electrons. The quantitative estimate of drug-likeness (QED) is 0.892. The van der Waals surface area contributed by atoms with Gasteiger partial charge in [0.2, 0.25) is 5.91 Å². The Morgan fingerprint density at radius 2 is 2.00 bits per heavy atom. The van der Waals surface area contributed by atoms with E-state index in [1.54, 1.807) is 41.8 Å². The number of thiophene rings is 1. The van der Waals surface area contributed by atoms with Gasteiger partial charge in [-0.3, -0.25) is 4.79 Å². The van der Waals surface area contributed by atoms with Crippen molar-refractivity contribution in [2.45, 2.75) is 12.5 Å². The number of hydrogen-bond donors (Lipinski definition) is 2. The molecule has 2 N–H and O–H groups in total. The number of nitrogens with one attached hydrogen (secondary N) is 1. The summed E-state index contributed by atoms with van der Waals surface area (Å²) in [6.07, 6.45) is 0.0504. The summed E-state index contributed by atoms with van der Waals surface area (Å²) in [5.74, 6) is -1.46. The van der Waals surface area contributed by atoms with Crippen molar-refractivity contribution < 1.29 is 14.7 Å². The minimum absolute atomic E-state index is 0.0504. The normalized spacial score (nSPS) is 11.8. The van der Waals surface area contributed by atoms with Gasteiger partial charge in [-0.1, -0.05) is 35.9 Å². The highest BCUT2D eigenvalue weighted by Crippen LogP contribution is 2.20. The Morgan fingerprint density at radius 3 is 2.60 bits per heavy atom. The highest BCUT2D eigenvalue weighted by Gasteiger charge is 2.23. The first-order chi connectivity index (χ1) is 9.58. The van der Waals surface area contributed by atoms with Crippen LogP contribution in [-0.4, -0.2) is 17.0 Å². The van der Waals surface area contributed by atoms with Gasteiger partial charge in [0.15, 0.2) is 6.04 Å². The number of benzene rings is 1. The molecule has 2 rings (SSSR count). The molecule has 0 aliphatic heterocycles. The molecule has 1 unspecified atom stereocenters. The maximum absolute atomic E-state index is 11.9. The predicted octanol–water partition coefficient (Wildman–Crippen LogP) is 2.89. The summed E-state index contributed by atoms with van der Waals surface area (Å²) in [6.45, 7) is 0. The number of carboxylic acids is 1. The number of aliphatic carboxylic acids is 1. The summed E-state index contributed by atoms with van der Waals surface area (Å²) >= 11 is 7.26. The molecule has 1 heterocycles. The summed E-state index contributed by atoms with van der Waals surface area (Å²) < 4.78 is 0. The number of amides is 1. The summed E-state index contributed by atoms with van der Waals surface area (Å²) in [6, 6.07) is 9.39. The molecule has 2 aromatic rings. The highest BCUT2D eigenvalue weighted by atomic mass is 35.5. The van der Waals surface area contributed by atoms with E-state index in [0.717, 1.165) is 0 Å². The maximum Gasteiger partial charge on any atom is 0.331 e. The average Bonchev–Trinajstić information content (AvgIpc) is 2.92. The van der Waals surface area contributed by atoms with Gasteiger partial charge < -0.3 is 10.4 Å². The van der Waals surface area contributed by atoms with E-state index in [1.165, 1.54) is 11.3 Å². The van der Waals surface area contributed by atoms with Gasteiger partial charge in [-0.05, 0) is 23.1 Å². The molecule has 1 atom stereocenters. The van der Waals surface area contributed by atoms with E-state index in [9.17, 15) is 14.7 Å². The maximum atomic E-state index is 11.9. The van der Waals surface area contributed by atoms with E-state index in [2.05, 4.69) is 5.32 Å². The molecule has 0 saturated heterocycles. The van der Waals surface area contributed by atoms with E-state index in [-0.39, 0.29) is 12.3 Å². The molecule has 1 amide bonds. The number of hydrogen-bond acceptors (Lipinski definition) is 3. The summed E-state index contributed by atoms with van der Waals surface area (Å²) in [5.41, 5.74) is 0.669. The Morgan fingerprint density at radius 1 is 1.25 bits per heavy atom. The van der Waals surface area contributed by atoms with Crippen molar-refractivity contribution >= 4 is 34.8 Å². The Bertz CT molecular complexity index is 613. The molecular weight excluding hydrogens is 298 g/mol. The third kappa shape index (κ3) is 3.59. The first-order valence-electron chi connectivity index (χ1n) is 5.87. The van der Waals surface area contributed by atoms with Gasteiger partial charge in [0.25, 0.3) is 0 Å². The standard InChI is InChI=1S/C14H12ClNO3S/c15-10-5-2-1-4-9(10)8-12(17)16-13(14(18)19)11-6-3-7-20-11/h1-7,13H,8H2,(H,16,17)(H,18,19). The van der Waals surface area contributed by atoms with Crippen molar-refractivity contribution in [2.75, 3.05) is 0 Å². The molecule has 0 radical (unpaired) electrons. The zero-order chi connectivity index (χ0) is 14.5. The molecule has 20 heavy (non-hydrogen) atoms. The fourth-order valence-electron chi connectivity index (χ4n) is 1.74. The Labute approximate surface area is 125 Å². The van der Waals surface area contributed by atoms with Crippen LogP contribution in [0.15, 0.2) is 41.8 Å². The minimum Gasteiger partial charge on any atom is -0.479 e. The smallest absolute Gasteiger partial charge is 0.331 e. The topological polar surface area (TPSA) is 66.4 Å². The van der Waals surface area contributed by atoms with E-state index >= 15 is 0 Å². The number of carboxylic acid groups (broad SMARTS) is 1. The molecule has 1 aromatic carbocycles. The number of carbonyl (C=O) groups is 2. The molecule has 0 spiro atoms. The van der Waals surface area contributed by atoms with Gasteiger partial charge in [0, 0.05) is 9.90 Å². The van der Waals surface area contributed by atoms with Crippen LogP contribution >= 0.6 is 22.9 Å². The fourth-order valence-corrected chi connectivity index (χ4v) is 2.71. The fraction of sp³-hybridized carbons (Fsp3) is 0.143. The van der Waals surface area contributed by atoms with Gasteiger partial charge in [-0.2, -0.15) is 0 Å². The summed E-state index contributed by atoms with van der Waals surface area (Å²) in [4.78, 5) is 23.8. The lowest BCUT2D eigenvalue weighted by molar-refractivity contribution is -0.141. The molecular formula is C14H12ClNO3S. The molecule has 0 aliphatic rings. The van der Waals surface area contributed by atoms with Crippen LogP contribution in [0.25, 0.3) is 0 Å². The lowest BCUT2D eigenvalue weighted by atomic mass is 10.1. The van der Waals surface area contributed by atoms with Gasteiger partial charge in [0.1, 0.15) is 0 Å². The van der Waals surface area contributed by atoms with Crippen LogP contribution in [0.3, 0.4) is 0 Å². The van der Waals surface area contributed by atoms with Gasteiger partial charge in [-0.25, -0.2) is 4.79 Å². The van der Waals surface area contributed by atoms with Crippen molar-refractivity contribution in [3.8, 4) is 0 Å². The SMILES string of the molecule is O=C(Cc1ccccc1Cl)NC(C(=O)O)c1cccs1. The average molecular weight is 310 g/mol. The molecule has 6 heteroatoms. The third-order valence-corrected chi connectivity index (χ3v) is 3.99. The van der Waals surface area contributed by atoms with Crippen molar-refractivity contribution in [1.29, 1.82) is 0 Å². The molecule has 0 bridgehead atoms. The van der Waals surface area contributed by atoms with E-state index < -0.39 is 12.0 Å². The second-order valence-corrected chi connectivity index (χ2v) is 5.51. The summed E-state index contributed by atoms with van der Waals surface area (Å²) in [7, 11) is 0. The van der Waals surface area contributed by atoms with Gasteiger partial charge in [-0.15, -0.1) is 11.3 Å². The Hall–Kier alpha value is -1.85. The summed E-state index contributed by atoms with van der Waals surface area (Å²) in [5, 5.41) is 13.9. The monoisotopic (exact) mass is 309 g/mol. The van der Waals surface area contributed by atoms with E-state index in [0.29, 0.717) is 15.5 Å². The third-order valence-electron chi connectivity index (χ3n) is 2.69. The van der Waals surface area contributed by atoms with Crippen molar-refractivity contribution in [1.82, 2.24) is 5.32 Å². The van der Waals surface area contributed by atoms with Crippen molar-refractivity contribution in [2.24, 2.45) is 0 Å². The lowest BCUT2D eigenvalue weighted by Crippen LogP contribution is -2.34. The first kappa shape index (κ1) is 14.6. The van der Waals surface area contributed by atoms with Crippen molar-refractivity contribution in [3.05, 3.63) is 57.2 Å². The van der Waals surface area contributed by atoms with E-state index in [1.807, 2.05) is 0 Å². The number of rotatable bonds is 5. The zero-order valence-electron chi connectivity index (χ0n) is 10.4. The largest absolute Gasteiger partial charge is 0.479 e. The second kappa shape index (κ2) is 6.54. The lowest BCUT2D eigenvalue weighted by Gasteiger charge is -2.13. The Balaban J connectivity index is 2.06. The van der Waals surface area contributed by atoms with Gasteiger partial charge in [0.05, 0.1) is 6.42 Å². The van der Waals surface area contributed by atoms with Crippen LogP contribution in [0.4, 0.5) is 0 Å². The number of carbonyl (C=O) groups excluding carboxylic acids is 1. The molecule has 0 fully saturated rings. The second-order valence-electron chi connectivity index (χ2n) is 4.12. The minimum atomic E-state index is -1.08. The van der Waals surface area contributed by atoms with Crippen molar-refractivity contribution in [3.63, 3.8) is 0 Å². The van der Waals surface area contributed by atoms with E-state index in [4.69, 9.17) is 11.6 Å². The zero-order valence-corrected chi connectivity index (χ0v) is 11.9. The van der Waals surface area contributed by atoms with Crippen LogP contribution in [-0.2, 0) is 16.0 Å². The van der Waals surface area contributed by atoms with Crippen LogP contribution in [0, 0.1) is 0 Å². The molecule has 0 aliphatic carbocycles. The van der Waals surface area contributed by atoms with Crippen LogP contribution in [0.5, 0.6) is 0 Å². The van der Waals surface area contributed by atoms with Crippen LogP contribution in [0.1, 0.15) is 16.5 Å².